The molecule has 0 saturated carbocycles. The summed E-state index contributed by atoms with van der Waals surface area (Å²) in [4.78, 5) is 2.41. The SMILES string of the molecule is c1cc(-c2cccc3c2oc2ccccc23)cc(N(c2ccccc2-c2ccc3oc4c5ccccc5ccc4c3c2)c2cccc3ccccc23)c1. The number of rotatable bonds is 5. The zero-order chi connectivity index (χ0) is 34.9. The minimum Gasteiger partial charge on any atom is -0.455 e. The number of furan rings is 2. The molecule has 0 bridgehead atoms. The standard InChI is InChI=1S/C50H31NO2/c1-3-17-37-32(12-1)14-10-24-46(37)51(36-16-9-15-34(30-36)40-21-11-22-42-41-20-6-8-25-47(41)52-50(40)42)45-23-7-5-18-38(45)35-27-29-48-44(31-35)43-28-26-33-13-2-4-19-39(33)49(43)53-48/h1-31H. The lowest BCUT2D eigenvalue weighted by molar-refractivity contribution is 0.670. The van der Waals surface area contributed by atoms with E-state index >= 15 is 0 Å². The van der Waals surface area contributed by atoms with Crippen molar-refractivity contribution in [3.63, 3.8) is 0 Å². The summed E-state index contributed by atoms with van der Waals surface area (Å²) in [6.45, 7) is 0. The van der Waals surface area contributed by atoms with Crippen molar-refractivity contribution in [3.05, 3.63) is 188 Å². The summed E-state index contributed by atoms with van der Waals surface area (Å²) < 4.78 is 13.0. The van der Waals surface area contributed by atoms with Gasteiger partial charge in [0.1, 0.15) is 22.3 Å². The van der Waals surface area contributed by atoms with Crippen LogP contribution in [0, 0.1) is 0 Å². The first-order valence-corrected chi connectivity index (χ1v) is 18.0. The average Bonchev–Trinajstić information content (AvgIpc) is 3.80. The first-order valence-electron chi connectivity index (χ1n) is 18.0. The van der Waals surface area contributed by atoms with Crippen LogP contribution < -0.4 is 4.90 Å². The monoisotopic (exact) mass is 677 g/mol. The van der Waals surface area contributed by atoms with Gasteiger partial charge < -0.3 is 13.7 Å². The van der Waals surface area contributed by atoms with E-state index in [0.29, 0.717) is 0 Å². The van der Waals surface area contributed by atoms with Crippen LogP contribution in [0.15, 0.2) is 197 Å². The van der Waals surface area contributed by atoms with E-state index in [1.165, 1.54) is 16.2 Å². The molecule has 0 saturated heterocycles. The Morgan fingerprint density at radius 1 is 0.321 bits per heavy atom. The maximum atomic E-state index is 6.51. The molecule has 2 aromatic heterocycles. The largest absolute Gasteiger partial charge is 0.455 e. The molecule has 248 valence electrons. The molecule has 0 aliphatic heterocycles. The van der Waals surface area contributed by atoms with Gasteiger partial charge in [0.15, 0.2) is 0 Å². The van der Waals surface area contributed by atoms with E-state index in [1.54, 1.807) is 0 Å². The van der Waals surface area contributed by atoms with Gasteiger partial charge in [-0.05, 0) is 70.4 Å². The summed E-state index contributed by atoms with van der Waals surface area (Å²) in [5.74, 6) is 0. The summed E-state index contributed by atoms with van der Waals surface area (Å²) in [5, 5.41) is 9.15. The smallest absolute Gasteiger partial charge is 0.143 e. The second kappa shape index (κ2) is 11.7. The van der Waals surface area contributed by atoms with Gasteiger partial charge in [-0.25, -0.2) is 0 Å². The molecule has 0 aliphatic carbocycles. The molecule has 0 aliphatic rings. The second-order valence-electron chi connectivity index (χ2n) is 13.7. The van der Waals surface area contributed by atoms with Crippen LogP contribution >= 0.6 is 0 Å². The number of fused-ring (bicyclic) bond motifs is 9. The highest BCUT2D eigenvalue weighted by Gasteiger charge is 2.21. The highest BCUT2D eigenvalue weighted by atomic mass is 16.3. The summed E-state index contributed by atoms with van der Waals surface area (Å²) in [6, 6.07) is 66.8. The van der Waals surface area contributed by atoms with Crippen LogP contribution in [-0.2, 0) is 0 Å². The van der Waals surface area contributed by atoms with Gasteiger partial charge in [-0.15, -0.1) is 0 Å². The molecule has 0 radical (unpaired) electrons. The Morgan fingerprint density at radius 2 is 0.925 bits per heavy atom. The third-order valence-electron chi connectivity index (χ3n) is 10.6. The third-order valence-corrected chi connectivity index (χ3v) is 10.6. The van der Waals surface area contributed by atoms with Crippen molar-refractivity contribution in [1.82, 2.24) is 0 Å². The predicted octanol–water partition coefficient (Wildman–Crippen LogP) is 14.6. The molecular formula is C50H31NO2. The molecule has 9 aromatic carbocycles. The highest BCUT2D eigenvalue weighted by Crippen LogP contribution is 2.46. The van der Waals surface area contributed by atoms with Crippen LogP contribution in [0.3, 0.4) is 0 Å². The van der Waals surface area contributed by atoms with Crippen LogP contribution in [0.2, 0.25) is 0 Å². The number of anilines is 3. The van der Waals surface area contributed by atoms with Crippen molar-refractivity contribution in [1.29, 1.82) is 0 Å². The van der Waals surface area contributed by atoms with Crippen LogP contribution in [0.1, 0.15) is 0 Å². The molecule has 0 unspecified atom stereocenters. The lowest BCUT2D eigenvalue weighted by Crippen LogP contribution is -2.12. The Hall–Kier alpha value is -7.10. The van der Waals surface area contributed by atoms with Crippen molar-refractivity contribution < 1.29 is 8.83 Å². The van der Waals surface area contributed by atoms with Crippen molar-refractivity contribution in [2.45, 2.75) is 0 Å². The Bertz CT molecular complexity index is 3200. The van der Waals surface area contributed by atoms with Crippen LogP contribution in [0.5, 0.6) is 0 Å². The Kier molecular flexibility index (Phi) is 6.55. The Balaban J connectivity index is 1.13. The van der Waals surface area contributed by atoms with Crippen LogP contribution in [0.4, 0.5) is 17.1 Å². The zero-order valence-corrected chi connectivity index (χ0v) is 28.7. The number of para-hydroxylation sites is 3. The maximum Gasteiger partial charge on any atom is 0.143 e. The summed E-state index contributed by atoms with van der Waals surface area (Å²) in [6.07, 6.45) is 0. The number of nitrogens with zero attached hydrogens (tertiary/aromatic N) is 1. The molecular weight excluding hydrogens is 647 g/mol. The van der Waals surface area contributed by atoms with Gasteiger partial charge >= 0.3 is 0 Å². The quantitative estimate of drug-likeness (QED) is 0.182. The van der Waals surface area contributed by atoms with Crippen LogP contribution in [0.25, 0.3) is 87.7 Å². The molecule has 11 aromatic rings. The topological polar surface area (TPSA) is 29.5 Å². The Labute approximate surface area is 305 Å². The summed E-state index contributed by atoms with van der Waals surface area (Å²) in [5.41, 5.74) is 11.3. The molecule has 11 rings (SSSR count). The van der Waals surface area contributed by atoms with Crippen molar-refractivity contribution >= 4 is 82.5 Å². The third kappa shape index (κ3) is 4.68. The first kappa shape index (κ1) is 29.6. The molecule has 0 atom stereocenters. The second-order valence-corrected chi connectivity index (χ2v) is 13.7. The van der Waals surface area contributed by atoms with Gasteiger partial charge in [0.25, 0.3) is 0 Å². The maximum absolute atomic E-state index is 6.51. The summed E-state index contributed by atoms with van der Waals surface area (Å²) >= 11 is 0. The predicted molar refractivity (Wildman–Crippen MR) is 222 cm³/mol. The fraction of sp³-hybridized carbons (Fsp3) is 0. The molecule has 3 heteroatoms. The van der Waals surface area contributed by atoms with Crippen molar-refractivity contribution in [2.24, 2.45) is 0 Å². The number of hydrogen-bond donors (Lipinski definition) is 0. The lowest BCUT2D eigenvalue weighted by atomic mass is 9.97. The molecule has 53 heavy (non-hydrogen) atoms. The van der Waals surface area contributed by atoms with Gasteiger partial charge in [-0.3, -0.25) is 0 Å². The van der Waals surface area contributed by atoms with E-state index in [1.807, 2.05) is 12.1 Å². The molecule has 0 spiro atoms. The van der Waals surface area contributed by atoms with E-state index in [4.69, 9.17) is 8.83 Å². The molecule has 0 fully saturated rings. The van der Waals surface area contributed by atoms with E-state index in [-0.39, 0.29) is 0 Å². The number of benzene rings is 9. The van der Waals surface area contributed by atoms with Gasteiger partial charge in [-0.2, -0.15) is 0 Å². The molecule has 2 heterocycles. The number of hydrogen-bond acceptors (Lipinski definition) is 3. The van der Waals surface area contributed by atoms with E-state index < -0.39 is 0 Å². The minimum absolute atomic E-state index is 0.885. The van der Waals surface area contributed by atoms with Crippen molar-refractivity contribution in [2.75, 3.05) is 4.90 Å². The van der Waals surface area contributed by atoms with Gasteiger partial charge in [0.05, 0.1) is 11.4 Å². The van der Waals surface area contributed by atoms with E-state index in [2.05, 4.69) is 181 Å². The average molecular weight is 678 g/mol. The normalized spacial score (nSPS) is 11.8. The molecule has 0 N–H and O–H groups in total. The van der Waals surface area contributed by atoms with Gasteiger partial charge in [0, 0.05) is 49.1 Å². The summed E-state index contributed by atoms with van der Waals surface area (Å²) in [7, 11) is 0. The zero-order valence-electron chi connectivity index (χ0n) is 28.7. The van der Waals surface area contributed by atoms with E-state index in [0.717, 1.165) is 88.6 Å². The first-order chi connectivity index (χ1) is 26.3. The fourth-order valence-corrected chi connectivity index (χ4v) is 8.18. The fourth-order valence-electron chi connectivity index (χ4n) is 8.18. The van der Waals surface area contributed by atoms with Crippen LogP contribution in [-0.4, -0.2) is 0 Å². The van der Waals surface area contributed by atoms with E-state index in [9.17, 15) is 0 Å². The van der Waals surface area contributed by atoms with Crippen molar-refractivity contribution in [3.8, 4) is 22.3 Å². The Morgan fingerprint density at radius 3 is 1.85 bits per heavy atom. The molecule has 0 amide bonds. The minimum atomic E-state index is 0.885. The van der Waals surface area contributed by atoms with Gasteiger partial charge in [0.2, 0.25) is 0 Å². The highest BCUT2D eigenvalue weighted by molar-refractivity contribution is 6.16. The lowest BCUT2D eigenvalue weighted by Gasteiger charge is -2.29. The molecule has 3 nitrogen and oxygen atoms in total. The van der Waals surface area contributed by atoms with Gasteiger partial charge in [-0.1, -0.05) is 140 Å².